The van der Waals surface area contributed by atoms with Crippen LogP contribution in [-0.4, -0.2) is 42.0 Å². The lowest BCUT2D eigenvalue weighted by Gasteiger charge is -2.24. The van der Waals surface area contributed by atoms with E-state index < -0.39 is 12.0 Å². The first-order valence-corrected chi connectivity index (χ1v) is 6.44. The van der Waals surface area contributed by atoms with Crippen molar-refractivity contribution >= 4 is 11.8 Å². The van der Waals surface area contributed by atoms with Gasteiger partial charge in [0, 0.05) is 20.0 Å². The molecule has 0 aliphatic carbocycles. The lowest BCUT2D eigenvalue weighted by Crippen LogP contribution is -2.35. The highest BCUT2D eigenvalue weighted by molar-refractivity contribution is 5.90. The second kappa shape index (κ2) is 6.00. The number of rotatable bonds is 4. The van der Waals surface area contributed by atoms with E-state index in [1.807, 2.05) is 0 Å². The average Bonchev–Trinajstić information content (AvgIpc) is 2.73. The van der Waals surface area contributed by atoms with Gasteiger partial charge in [-0.3, -0.25) is 9.59 Å². The van der Waals surface area contributed by atoms with Crippen LogP contribution in [0.3, 0.4) is 0 Å². The second-order valence-corrected chi connectivity index (χ2v) is 4.83. The minimum atomic E-state index is -0.524. The topological polar surface area (TPSA) is 69.6 Å². The number of carbonyl (C=O) groups is 2. The number of likely N-dealkylation sites (tertiary alicyclic amines) is 1. The molecule has 0 saturated carbocycles. The monoisotopic (exact) mass is 280 g/mol. The van der Waals surface area contributed by atoms with Crippen molar-refractivity contribution in [3.63, 3.8) is 0 Å². The van der Waals surface area contributed by atoms with Gasteiger partial charge in [0.15, 0.2) is 0 Å². The average molecular weight is 280 g/mol. The molecule has 2 rings (SSSR count). The van der Waals surface area contributed by atoms with Crippen LogP contribution in [0.25, 0.3) is 0 Å². The minimum Gasteiger partial charge on any atom is -0.395 e. The van der Waals surface area contributed by atoms with Crippen LogP contribution in [0.2, 0.25) is 0 Å². The maximum atomic E-state index is 13.0. The summed E-state index contributed by atoms with van der Waals surface area (Å²) in [5.41, 5.74) is 0.726. The third-order valence-corrected chi connectivity index (χ3v) is 3.55. The number of hydrogen-bond donors (Lipinski definition) is 2. The van der Waals surface area contributed by atoms with Crippen molar-refractivity contribution < 1.29 is 19.1 Å². The Balaban J connectivity index is 2.24. The fraction of sp³-hybridized carbons (Fsp3) is 0.429. The standard InChI is InChI=1S/C14H17FN2O3/c1-17-12(19)8-11(14(20)16-6-7-18)13(17)9-2-4-10(15)5-3-9/h2-5,11,13,18H,6-8H2,1H3,(H,16,20). The lowest BCUT2D eigenvalue weighted by molar-refractivity contribution is -0.128. The van der Waals surface area contributed by atoms with Crippen molar-refractivity contribution in [2.45, 2.75) is 12.5 Å². The van der Waals surface area contributed by atoms with Gasteiger partial charge in [0.2, 0.25) is 11.8 Å². The predicted molar refractivity (Wildman–Crippen MR) is 70.1 cm³/mol. The molecule has 0 aromatic heterocycles. The van der Waals surface area contributed by atoms with Gasteiger partial charge < -0.3 is 15.3 Å². The van der Waals surface area contributed by atoms with Crippen LogP contribution in [0.1, 0.15) is 18.0 Å². The van der Waals surface area contributed by atoms with Gasteiger partial charge in [-0.05, 0) is 17.7 Å². The predicted octanol–water partition coefficient (Wildman–Crippen LogP) is 0.454. The molecule has 1 aromatic rings. The van der Waals surface area contributed by atoms with Crippen LogP contribution >= 0.6 is 0 Å². The van der Waals surface area contributed by atoms with E-state index in [2.05, 4.69) is 5.32 Å². The van der Waals surface area contributed by atoms with Gasteiger partial charge in [-0.2, -0.15) is 0 Å². The van der Waals surface area contributed by atoms with Crippen LogP contribution in [0.15, 0.2) is 24.3 Å². The summed E-state index contributed by atoms with van der Waals surface area (Å²) in [4.78, 5) is 25.4. The summed E-state index contributed by atoms with van der Waals surface area (Å²) in [6.07, 6.45) is 0.121. The Morgan fingerprint density at radius 1 is 1.45 bits per heavy atom. The van der Waals surface area contributed by atoms with Crippen molar-refractivity contribution in [2.75, 3.05) is 20.2 Å². The molecule has 2 amide bonds. The molecule has 2 N–H and O–H groups in total. The molecule has 2 atom stereocenters. The molecule has 6 heteroatoms. The largest absolute Gasteiger partial charge is 0.395 e. The quantitative estimate of drug-likeness (QED) is 0.841. The van der Waals surface area contributed by atoms with E-state index >= 15 is 0 Å². The van der Waals surface area contributed by atoms with Gasteiger partial charge in [-0.25, -0.2) is 4.39 Å². The van der Waals surface area contributed by atoms with Gasteiger partial charge >= 0.3 is 0 Å². The summed E-state index contributed by atoms with van der Waals surface area (Å²) in [6, 6.07) is 5.40. The molecule has 20 heavy (non-hydrogen) atoms. The summed E-state index contributed by atoms with van der Waals surface area (Å²) in [7, 11) is 1.63. The highest BCUT2D eigenvalue weighted by atomic mass is 19.1. The van der Waals surface area contributed by atoms with Gasteiger partial charge in [-0.1, -0.05) is 12.1 Å². The second-order valence-electron chi connectivity index (χ2n) is 4.83. The smallest absolute Gasteiger partial charge is 0.226 e. The summed E-state index contributed by atoms with van der Waals surface area (Å²) >= 11 is 0. The van der Waals surface area contributed by atoms with Crippen molar-refractivity contribution in [1.29, 1.82) is 0 Å². The molecule has 2 unspecified atom stereocenters. The first-order valence-electron chi connectivity index (χ1n) is 6.44. The molecule has 0 bridgehead atoms. The Kier molecular flexibility index (Phi) is 4.34. The van der Waals surface area contributed by atoms with Crippen molar-refractivity contribution in [2.24, 2.45) is 5.92 Å². The fourth-order valence-electron chi connectivity index (χ4n) is 2.53. The summed E-state index contributed by atoms with van der Waals surface area (Å²) in [5, 5.41) is 11.3. The molecule has 1 aromatic carbocycles. The Morgan fingerprint density at radius 3 is 2.70 bits per heavy atom. The van der Waals surface area contributed by atoms with Crippen LogP contribution in [0, 0.1) is 11.7 Å². The summed E-state index contributed by atoms with van der Waals surface area (Å²) in [5.74, 6) is -1.28. The van der Waals surface area contributed by atoms with Crippen molar-refractivity contribution in [3.05, 3.63) is 35.6 Å². The van der Waals surface area contributed by atoms with Gasteiger partial charge in [0.1, 0.15) is 5.82 Å². The Labute approximate surface area is 116 Å². The molecule has 1 fully saturated rings. The van der Waals surface area contributed by atoms with Gasteiger partial charge in [0.05, 0.1) is 18.6 Å². The Morgan fingerprint density at radius 2 is 2.10 bits per heavy atom. The molecule has 1 aliphatic heterocycles. The first-order chi connectivity index (χ1) is 9.54. The highest BCUT2D eigenvalue weighted by Crippen LogP contribution is 2.37. The number of nitrogens with one attached hydrogen (secondary N) is 1. The molecule has 1 aliphatic rings. The molecule has 0 radical (unpaired) electrons. The maximum absolute atomic E-state index is 13.0. The lowest BCUT2D eigenvalue weighted by atomic mass is 9.93. The molecule has 1 saturated heterocycles. The zero-order valence-corrected chi connectivity index (χ0v) is 11.2. The molecule has 5 nitrogen and oxygen atoms in total. The normalized spacial score (nSPS) is 22.1. The Bertz CT molecular complexity index is 504. The minimum absolute atomic E-state index is 0.121. The summed E-state index contributed by atoms with van der Waals surface area (Å²) in [6.45, 7) is 0.00678. The summed E-state index contributed by atoms with van der Waals surface area (Å²) < 4.78 is 13.0. The van der Waals surface area contributed by atoms with E-state index in [9.17, 15) is 14.0 Å². The number of nitrogens with zero attached hydrogens (tertiary/aromatic N) is 1. The number of aliphatic hydroxyl groups excluding tert-OH is 1. The van der Waals surface area contributed by atoms with E-state index in [4.69, 9.17) is 5.11 Å². The molecular formula is C14H17FN2O3. The van der Waals surface area contributed by atoms with E-state index in [-0.39, 0.29) is 37.2 Å². The number of amides is 2. The van der Waals surface area contributed by atoms with Crippen LogP contribution in [0.4, 0.5) is 4.39 Å². The number of carbonyl (C=O) groups excluding carboxylic acids is 2. The Hall–Kier alpha value is -1.95. The number of halogens is 1. The highest BCUT2D eigenvalue weighted by Gasteiger charge is 2.42. The van der Waals surface area contributed by atoms with E-state index in [0.29, 0.717) is 0 Å². The van der Waals surface area contributed by atoms with Crippen molar-refractivity contribution in [1.82, 2.24) is 10.2 Å². The number of benzene rings is 1. The van der Waals surface area contributed by atoms with Gasteiger partial charge in [-0.15, -0.1) is 0 Å². The fourth-order valence-corrected chi connectivity index (χ4v) is 2.53. The van der Waals surface area contributed by atoms with Crippen LogP contribution in [-0.2, 0) is 9.59 Å². The zero-order valence-electron chi connectivity index (χ0n) is 11.2. The van der Waals surface area contributed by atoms with E-state index in [1.54, 1.807) is 19.2 Å². The van der Waals surface area contributed by atoms with Crippen LogP contribution in [0.5, 0.6) is 0 Å². The molecule has 108 valence electrons. The number of aliphatic hydroxyl groups is 1. The molecule has 1 heterocycles. The van der Waals surface area contributed by atoms with Crippen LogP contribution < -0.4 is 5.32 Å². The first kappa shape index (κ1) is 14.5. The van der Waals surface area contributed by atoms with E-state index in [0.717, 1.165) is 5.56 Å². The number of hydrogen-bond acceptors (Lipinski definition) is 3. The zero-order chi connectivity index (χ0) is 14.7. The molecule has 0 spiro atoms. The maximum Gasteiger partial charge on any atom is 0.226 e. The third kappa shape index (κ3) is 2.80. The third-order valence-electron chi connectivity index (χ3n) is 3.55. The van der Waals surface area contributed by atoms with E-state index in [1.165, 1.54) is 17.0 Å². The SMILES string of the molecule is CN1C(=O)CC(C(=O)NCCO)C1c1ccc(F)cc1. The van der Waals surface area contributed by atoms with Crippen molar-refractivity contribution in [3.8, 4) is 0 Å². The van der Waals surface area contributed by atoms with Gasteiger partial charge in [0.25, 0.3) is 0 Å². The molecular weight excluding hydrogens is 263 g/mol.